The van der Waals surface area contributed by atoms with Crippen LogP contribution in [0.2, 0.25) is 10.0 Å². The SMILES string of the molecule is C#CCC(N)C(=O)Nc1cccc(Cl)c1Cl. The number of nitrogens with one attached hydrogen (secondary N) is 1. The molecule has 0 aliphatic heterocycles. The Morgan fingerprint density at radius 2 is 2.25 bits per heavy atom. The lowest BCUT2D eigenvalue weighted by atomic mass is 10.2. The molecule has 0 bridgehead atoms. The Morgan fingerprint density at radius 3 is 2.88 bits per heavy atom. The van der Waals surface area contributed by atoms with E-state index in [1.165, 1.54) is 0 Å². The fourth-order valence-electron chi connectivity index (χ4n) is 1.05. The molecule has 3 nitrogen and oxygen atoms in total. The molecule has 1 aromatic rings. The van der Waals surface area contributed by atoms with Crippen molar-refractivity contribution in [1.82, 2.24) is 0 Å². The average Bonchev–Trinajstić information content (AvgIpc) is 2.25. The van der Waals surface area contributed by atoms with E-state index in [0.29, 0.717) is 10.7 Å². The molecule has 5 heteroatoms. The minimum Gasteiger partial charge on any atom is -0.323 e. The Bertz CT molecular complexity index is 440. The molecular formula is C11H10Cl2N2O. The van der Waals surface area contributed by atoms with Gasteiger partial charge in [-0.3, -0.25) is 4.79 Å². The van der Waals surface area contributed by atoms with Gasteiger partial charge in [0.15, 0.2) is 0 Å². The van der Waals surface area contributed by atoms with E-state index in [1.807, 2.05) is 0 Å². The van der Waals surface area contributed by atoms with Crippen LogP contribution >= 0.6 is 23.2 Å². The summed E-state index contributed by atoms with van der Waals surface area (Å²) in [6.07, 6.45) is 5.23. The monoisotopic (exact) mass is 256 g/mol. The molecule has 1 atom stereocenters. The number of amides is 1. The van der Waals surface area contributed by atoms with Gasteiger partial charge in [0, 0.05) is 6.42 Å². The number of carbonyl (C=O) groups is 1. The van der Waals surface area contributed by atoms with Gasteiger partial charge in [0.2, 0.25) is 5.91 Å². The summed E-state index contributed by atoms with van der Waals surface area (Å²) < 4.78 is 0. The quantitative estimate of drug-likeness (QED) is 0.816. The van der Waals surface area contributed by atoms with Crippen molar-refractivity contribution in [3.05, 3.63) is 28.2 Å². The van der Waals surface area contributed by atoms with Crippen molar-refractivity contribution < 1.29 is 4.79 Å². The lowest BCUT2D eigenvalue weighted by Crippen LogP contribution is -2.35. The highest BCUT2D eigenvalue weighted by atomic mass is 35.5. The summed E-state index contributed by atoms with van der Waals surface area (Å²) in [5, 5.41) is 3.21. The summed E-state index contributed by atoms with van der Waals surface area (Å²) in [5.41, 5.74) is 5.96. The van der Waals surface area contributed by atoms with Gasteiger partial charge in [-0.15, -0.1) is 12.3 Å². The maximum absolute atomic E-state index is 11.5. The first-order valence-electron chi connectivity index (χ1n) is 4.50. The van der Waals surface area contributed by atoms with Crippen LogP contribution in [0.5, 0.6) is 0 Å². The summed E-state index contributed by atoms with van der Waals surface area (Å²) in [7, 11) is 0. The number of benzene rings is 1. The smallest absolute Gasteiger partial charge is 0.242 e. The molecular weight excluding hydrogens is 247 g/mol. The fraction of sp³-hybridized carbons (Fsp3) is 0.182. The van der Waals surface area contributed by atoms with E-state index in [-0.39, 0.29) is 17.4 Å². The Balaban J connectivity index is 2.78. The first-order chi connectivity index (χ1) is 7.56. The number of hydrogen-bond acceptors (Lipinski definition) is 2. The van der Waals surface area contributed by atoms with Gasteiger partial charge in [-0.1, -0.05) is 29.3 Å². The van der Waals surface area contributed by atoms with Gasteiger partial charge in [0.05, 0.1) is 21.8 Å². The lowest BCUT2D eigenvalue weighted by molar-refractivity contribution is -0.117. The summed E-state index contributed by atoms with van der Waals surface area (Å²) in [6.45, 7) is 0. The van der Waals surface area contributed by atoms with E-state index < -0.39 is 6.04 Å². The predicted molar refractivity (Wildman–Crippen MR) is 66.5 cm³/mol. The van der Waals surface area contributed by atoms with E-state index in [2.05, 4.69) is 11.2 Å². The average molecular weight is 257 g/mol. The van der Waals surface area contributed by atoms with Crippen molar-refractivity contribution in [2.75, 3.05) is 5.32 Å². The van der Waals surface area contributed by atoms with Crippen molar-refractivity contribution >= 4 is 34.8 Å². The molecule has 0 saturated heterocycles. The number of rotatable bonds is 3. The zero-order valence-electron chi connectivity index (χ0n) is 8.34. The number of halogens is 2. The van der Waals surface area contributed by atoms with Crippen LogP contribution < -0.4 is 11.1 Å². The maximum atomic E-state index is 11.5. The number of anilines is 1. The molecule has 0 aliphatic carbocycles. The van der Waals surface area contributed by atoms with Crippen molar-refractivity contribution in [1.29, 1.82) is 0 Å². The largest absolute Gasteiger partial charge is 0.323 e. The van der Waals surface area contributed by atoms with Crippen molar-refractivity contribution in [3.63, 3.8) is 0 Å². The van der Waals surface area contributed by atoms with Gasteiger partial charge in [-0.05, 0) is 12.1 Å². The summed E-state index contributed by atoms with van der Waals surface area (Å²) in [5.74, 6) is 1.93. The summed E-state index contributed by atoms with van der Waals surface area (Å²) in [6, 6.07) is 4.19. The van der Waals surface area contributed by atoms with Gasteiger partial charge >= 0.3 is 0 Å². The van der Waals surface area contributed by atoms with Gasteiger partial charge in [-0.25, -0.2) is 0 Å². The zero-order chi connectivity index (χ0) is 12.1. The maximum Gasteiger partial charge on any atom is 0.242 e. The second kappa shape index (κ2) is 5.76. The van der Waals surface area contributed by atoms with Crippen LogP contribution in [0.25, 0.3) is 0 Å². The first-order valence-corrected chi connectivity index (χ1v) is 5.25. The number of carbonyl (C=O) groups excluding carboxylic acids is 1. The molecule has 0 aromatic heterocycles. The minimum absolute atomic E-state index is 0.171. The molecule has 1 amide bonds. The number of nitrogens with two attached hydrogens (primary N) is 1. The molecule has 0 aliphatic rings. The van der Waals surface area contributed by atoms with Gasteiger partial charge in [0.1, 0.15) is 0 Å². The summed E-state index contributed by atoms with van der Waals surface area (Å²) >= 11 is 11.7. The number of hydrogen-bond donors (Lipinski definition) is 2. The Labute approximate surface area is 104 Å². The molecule has 1 unspecified atom stereocenters. The molecule has 0 fully saturated rings. The Morgan fingerprint density at radius 1 is 1.56 bits per heavy atom. The third kappa shape index (κ3) is 3.14. The minimum atomic E-state index is -0.750. The van der Waals surface area contributed by atoms with Crippen LogP contribution in [0.1, 0.15) is 6.42 Å². The van der Waals surface area contributed by atoms with E-state index >= 15 is 0 Å². The lowest BCUT2D eigenvalue weighted by Gasteiger charge is -2.11. The van der Waals surface area contributed by atoms with E-state index in [4.69, 9.17) is 35.4 Å². The van der Waals surface area contributed by atoms with Gasteiger partial charge < -0.3 is 11.1 Å². The van der Waals surface area contributed by atoms with Crippen LogP contribution in [0, 0.1) is 12.3 Å². The topological polar surface area (TPSA) is 55.1 Å². The zero-order valence-corrected chi connectivity index (χ0v) is 9.85. The molecule has 1 aromatic carbocycles. The van der Waals surface area contributed by atoms with Crippen LogP contribution in [0.3, 0.4) is 0 Å². The predicted octanol–water partition coefficient (Wildman–Crippen LogP) is 2.28. The third-order valence-electron chi connectivity index (χ3n) is 1.88. The third-order valence-corrected chi connectivity index (χ3v) is 2.70. The summed E-state index contributed by atoms with van der Waals surface area (Å²) in [4.78, 5) is 11.5. The highest BCUT2D eigenvalue weighted by Crippen LogP contribution is 2.29. The van der Waals surface area contributed by atoms with Crippen molar-refractivity contribution in [2.24, 2.45) is 5.73 Å². The Hall–Kier alpha value is -1.21. The molecule has 16 heavy (non-hydrogen) atoms. The molecule has 3 N–H and O–H groups in total. The van der Waals surface area contributed by atoms with E-state index in [0.717, 1.165) is 0 Å². The van der Waals surface area contributed by atoms with Crippen LogP contribution in [-0.2, 0) is 4.79 Å². The van der Waals surface area contributed by atoms with E-state index in [9.17, 15) is 4.79 Å². The molecule has 1 rings (SSSR count). The van der Waals surface area contributed by atoms with Gasteiger partial charge in [-0.2, -0.15) is 0 Å². The van der Waals surface area contributed by atoms with Crippen LogP contribution in [0.4, 0.5) is 5.69 Å². The molecule has 0 radical (unpaired) electrons. The molecule has 84 valence electrons. The van der Waals surface area contributed by atoms with Crippen molar-refractivity contribution in [2.45, 2.75) is 12.5 Å². The second-order valence-electron chi connectivity index (χ2n) is 3.11. The highest BCUT2D eigenvalue weighted by molar-refractivity contribution is 6.44. The highest BCUT2D eigenvalue weighted by Gasteiger charge is 2.14. The van der Waals surface area contributed by atoms with Gasteiger partial charge in [0.25, 0.3) is 0 Å². The van der Waals surface area contributed by atoms with Crippen LogP contribution in [-0.4, -0.2) is 11.9 Å². The molecule has 0 spiro atoms. The first kappa shape index (κ1) is 12.9. The normalized spacial score (nSPS) is 11.6. The fourth-order valence-corrected chi connectivity index (χ4v) is 1.39. The second-order valence-corrected chi connectivity index (χ2v) is 3.89. The molecule has 0 saturated carbocycles. The van der Waals surface area contributed by atoms with E-state index in [1.54, 1.807) is 18.2 Å². The van der Waals surface area contributed by atoms with Crippen LogP contribution in [0.15, 0.2) is 18.2 Å². The molecule has 0 heterocycles. The Kier molecular flexibility index (Phi) is 4.63. The van der Waals surface area contributed by atoms with Crippen molar-refractivity contribution in [3.8, 4) is 12.3 Å². The number of terminal acetylenes is 1. The standard InChI is InChI=1S/C11H10Cl2N2O/c1-2-4-8(14)11(16)15-9-6-3-5-7(12)10(9)13/h1,3,5-6,8H,4,14H2,(H,15,16).